The molecular weight excluding hydrogens is 205 g/mol. The summed E-state index contributed by atoms with van der Waals surface area (Å²) in [6, 6.07) is 2.30. The van der Waals surface area contributed by atoms with E-state index in [0.29, 0.717) is 5.56 Å². The first-order valence-electron chi connectivity index (χ1n) is 4.19. The zero-order valence-electron chi connectivity index (χ0n) is 7.97. The third-order valence-electron chi connectivity index (χ3n) is 1.96. The molecule has 76 valence electrons. The predicted octanol–water partition coefficient (Wildman–Crippen LogP) is 2.32. The Labute approximate surface area is 86.9 Å². The van der Waals surface area contributed by atoms with Crippen molar-refractivity contribution in [2.45, 2.75) is 19.9 Å². The van der Waals surface area contributed by atoms with E-state index in [-0.39, 0.29) is 10.6 Å². The zero-order chi connectivity index (χ0) is 10.9. The van der Waals surface area contributed by atoms with E-state index in [1.54, 1.807) is 13.0 Å². The first kappa shape index (κ1) is 11.1. The molecule has 1 aromatic carbocycles. The van der Waals surface area contributed by atoms with Gasteiger partial charge in [0.05, 0.1) is 16.6 Å². The molecular formula is C10H11ClFNO. The fourth-order valence-electron chi connectivity index (χ4n) is 1.18. The van der Waals surface area contributed by atoms with Gasteiger partial charge in [-0.3, -0.25) is 4.79 Å². The van der Waals surface area contributed by atoms with Crippen LogP contribution in [0.2, 0.25) is 5.02 Å². The van der Waals surface area contributed by atoms with E-state index < -0.39 is 17.6 Å². The number of halogens is 2. The number of carbonyl (C=O) groups is 1. The number of ketones is 1. The topological polar surface area (TPSA) is 43.1 Å². The van der Waals surface area contributed by atoms with Crippen LogP contribution < -0.4 is 5.73 Å². The second kappa shape index (κ2) is 4.07. The SMILES string of the molecule is Cc1ccc(Cl)c(F)c1C(=O)C(C)N. The number of Topliss-reactive ketones (excluding diaryl/α,β-unsaturated/α-hetero) is 1. The Morgan fingerprint density at radius 2 is 2.14 bits per heavy atom. The van der Waals surface area contributed by atoms with E-state index in [1.165, 1.54) is 13.0 Å². The number of nitrogens with two attached hydrogens (primary N) is 1. The third kappa shape index (κ3) is 1.94. The molecule has 0 radical (unpaired) electrons. The summed E-state index contributed by atoms with van der Waals surface area (Å²) in [5.74, 6) is -1.11. The van der Waals surface area contributed by atoms with Crippen LogP contribution in [-0.2, 0) is 0 Å². The quantitative estimate of drug-likeness (QED) is 0.770. The highest BCUT2D eigenvalue weighted by Crippen LogP contribution is 2.22. The largest absolute Gasteiger partial charge is 0.321 e. The normalized spacial score (nSPS) is 12.6. The van der Waals surface area contributed by atoms with Gasteiger partial charge in [-0.1, -0.05) is 17.7 Å². The highest BCUT2D eigenvalue weighted by molar-refractivity contribution is 6.31. The van der Waals surface area contributed by atoms with Gasteiger partial charge in [0.15, 0.2) is 11.6 Å². The Balaban J connectivity index is 3.33. The van der Waals surface area contributed by atoms with Gasteiger partial charge in [0.2, 0.25) is 0 Å². The van der Waals surface area contributed by atoms with Crippen LogP contribution in [0.4, 0.5) is 4.39 Å². The maximum absolute atomic E-state index is 13.5. The Kier molecular flexibility index (Phi) is 3.24. The summed E-state index contributed by atoms with van der Waals surface area (Å²) in [6.07, 6.45) is 0. The number of hydrogen-bond acceptors (Lipinski definition) is 2. The molecule has 2 nitrogen and oxygen atoms in total. The summed E-state index contributed by atoms with van der Waals surface area (Å²) in [7, 11) is 0. The minimum atomic E-state index is -0.721. The molecule has 1 rings (SSSR count). The van der Waals surface area contributed by atoms with Crippen molar-refractivity contribution in [1.29, 1.82) is 0 Å². The monoisotopic (exact) mass is 215 g/mol. The lowest BCUT2D eigenvalue weighted by Gasteiger charge is -2.09. The summed E-state index contributed by atoms with van der Waals surface area (Å²) in [4.78, 5) is 11.5. The summed E-state index contributed by atoms with van der Waals surface area (Å²) in [5.41, 5.74) is 5.94. The third-order valence-corrected chi connectivity index (χ3v) is 2.26. The van der Waals surface area contributed by atoms with Gasteiger partial charge >= 0.3 is 0 Å². The standard InChI is InChI=1S/C10H11ClFNO/c1-5-3-4-7(11)9(12)8(5)10(14)6(2)13/h3-4,6H,13H2,1-2H3. The molecule has 0 aliphatic rings. The van der Waals surface area contributed by atoms with Crippen molar-refractivity contribution in [3.63, 3.8) is 0 Å². The van der Waals surface area contributed by atoms with E-state index in [2.05, 4.69) is 0 Å². The highest BCUT2D eigenvalue weighted by atomic mass is 35.5. The number of benzene rings is 1. The van der Waals surface area contributed by atoms with Crippen molar-refractivity contribution in [2.24, 2.45) is 5.73 Å². The molecule has 1 unspecified atom stereocenters. The first-order chi connectivity index (χ1) is 6.45. The fourth-order valence-corrected chi connectivity index (χ4v) is 1.33. The number of aryl methyl sites for hydroxylation is 1. The maximum Gasteiger partial charge on any atom is 0.182 e. The van der Waals surface area contributed by atoms with Crippen LogP contribution >= 0.6 is 11.6 Å². The second-order valence-electron chi connectivity index (χ2n) is 3.21. The lowest BCUT2D eigenvalue weighted by atomic mass is 10.0. The van der Waals surface area contributed by atoms with Crippen molar-refractivity contribution in [3.05, 3.63) is 34.1 Å². The van der Waals surface area contributed by atoms with Crippen LogP contribution in [0.5, 0.6) is 0 Å². The first-order valence-corrected chi connectivity index (χ1v) is 4.57. The van der Waals surface area contributed by atoms with Crippen LogP contribution in [0.1, 0.15) is 22.8 Å². The molecule has 0 saturated heterocycles. The van der Waals surface area contributed by atoms with Crippen LogP contribution in [0.15, 0.2) is 12.1 Å². The summed E-state index contributed by atoms with van der Waals surface area (Å²) >= 11 is 5.57. The van der Waals surface area contributed by atoms with Gasteiger partial charge in [0.1, 0.15) is 0 Å². The molecule has 4 heteroatoms. The summed E-state index contributed by atoms with van der Waals surface area (Å²) in [5, 5.41) is -0.0559. The molecule has 0 bridgehead atoms. The van der Waals surface area contributed by atoms with Crippen LogP contribution in [0.25, 0.3) is 0 Å². The van der Waals surface area contributed by atoms with Gasteiger partial charge in [0, 0.05) is 0 Å². The van der Waals surface area contributed by atoms with Gasteiger partial charge in [-0.25, -0.2) is 4.39 Å². The smallest absolute Gasteiger partial charge is 0.182 e. The Morgan fingerprint density at radius 1 is 1.57 bits per heavy atom. The predicted molar refractivity (Wildman–Crippen MR) is 54.1 cm³/mol. The molecule has 0 amide bonds. The molecule has 1 aromatic rings. The number of hydrogen-bond donors (Lipinski definition) is 1. The minimum absolute atomic E-state index is 0.00694. The molecule has 1 atom stereocenters. The molecule has 0 aliphatic heterocycles. The van der Waals surface area contributed by atoms with E-state index in [0.717, 1.165) is 0 Å². The Bertz CT molecular complexity index is 377. The fraction of sp³-hybridized carbons (Fsp3) is 0.300. The lowest BCUT2D eigenvalue weighted by molar-refractivity contribution is 0.0963. The van der Waals surface area contributed by atoms with Gasteiger partial charge < -0.3 is 5.73 Å². The molecule has 14 heavy (non-hydrogen) atoms. The van der Waals surface area contributed by atoms with Crippen LogP contribution in [0, 0.1) is 12.7 Å². The highest BCUT2D eigenvalue weighted by Gasteiger charge is 2.19. The second-order valence-corrected chi connectivity index (χ2v) is 3.61. The van der Waals surface area contributed by atoms with Crippen LogP contribution in [-0.4, -0.2) is 11.8 Å². The maximum atomic E-state index is 13.5. The molecule has 2 N–H and O–H groups in total. The average molecular weight is 216 g/mol. The van der Waals surface area contributed by atoms with E-state index in [1.807, 2.05) is 0 Å². The summed E-state index contributed by atoms with van der Waals surface area (Å²) < 4.78 is 13.5. The minimum Gasteiger partial charge on any atom is -0.321 e. The van der Waals surface area contributed by atoms with Crippen molar-refractivity contribution in [2.75, 3.05) is 0 Å². The number of carbonyl (C=O) groups excluding carboxylic acids is 1. The van der Waals surface area contributed by atoms with E-state index in [9.17, 15) is 9.18 Å². The zero-order valence-corrected chi connectivity index (χ0v) is 8.73. The molecule has 0 aliphatic carbocycles. The van der Waals surface area contributed by atoms with Crippen molar-refractivity contribution in [1.82, 2.24) is 0 Å². The number of rotatable bonds is 2. The van der Waals surface area contributed by atoms with Crippen LogP contribution in [0.3, 0.4) is 0 Å². The van der Waals surface area contributed by atoms with Crippen molar-refractivity contribution in [3.8, 4) is 0 Å². The van der Waals surface area contributed by atoms with Gasteiger partial charge in [-0.2, -0.15) is 0 Å². The molecule has 0 heterocycles. The molecule has 0 spiro atoms. The average Bonchev–Trinajstić information content (AvgIpc) is 2.12. The molecule has 0 aromatic heterocycles. The Hall–Kier alpha value is -0.930. The summed E-state index contributed by atoms with van der Waals surface area (Å²) in [6.45, 7) is 3.16. The van der Waals surface area contributed by atoms with E-state index in [4.69, 9.17) is 17.3 Å². The van der Waals surface area contributed by atoms with Gasteiger partial charge in [-0.15, -0.1) is 0 Å². The Morgan fingerprint density at radius 3 is 2.64 bits per heavy atom. The lowest BCUT2D eigenvalue weighted by Crippen LogP contribution is -2.28. The van der Waals surface area contributed by atoms with Gasteiger partial charge in [-0.05, 0) is 25.5 Å². The van der Waals surface area contributed by atoms with E-state index >= 15 is 0 Å². The molecule has 0 fully saturated rings. The van der Waals surface area contributed by atoms with Crippen molar-refractivity contribution >= 4 is 17.4 Å². The molecule has 0 saturated carbocycles. The van der Waals surface area contributed by atoms with Gasteiger partial charge in [0.25, 0.3) is 0 Å². The van der Waals surface area contributed by atoms with Crippen molar-refractivity contribution < 1.29 is 9.18 Å².